The quantitative estimate of drug-likeness (QED) is 0.837. The van der Waals surface area contributed by atoms with Gasteiger partial charge >= 0.3 is 0 Å². The monoisotopic (exact) mass is 380 g/mol. The summed E-state index contributed by atoms with van der Waals surface area (Å²) in [5.41, 5.74) is 1.15. The number of ether oxygens (including phenoxy) is 1. The molecule has 134 valence electrons. The second kappa shape index (κ2) is 8.29. The lowest BCUT2D eigenvalue weighted by atomic mass is 10.1. The summed E-state index contributed by atoms with van der Waals surface area (Å²) in [7, 11) is -3.51. The molecule has 7 heteroatoms. The molecular formula is C18H21ClN2O3S. The summed E-state index contributed by atoms with van der Waals surface area (Å²) in [4.78, 5) is 2.44. The highest BCUT2D eigenvalue weighted by atomic mass is 35.5. The summed E-state index contributed by atoms with van der Waals surface area (Å²) in [5.74, 6) is 0. The molecule has 1 saturated heterocycles. The molecule has 1 N–H and O–H groups in total. The maximum Gasteiger partial charge on any atom is 0.240 e. The lowest BCUT2D eigenvalue weighted by molar-refractivity contribution is -0.0291. The van der Waals surface area contributed by atoms with E-state index in [1.807, 2.05) is 18.2 Å². The maximum absolute atomic E-state index is 12.3. The smallest absolute Gasteiger partial charge is 0.240 e. The molecule has 1 aliphatic heterocycles. The number of nitrogens with zero attached hydrogens (tertiary/aromatic N) is 1. The highest BCUT2D eigenvalue weighted by molar-refractivity contribution is 7.89. The van der Waals surface area contributed by atoms with Gasteiger partial charge in [0.05, 0.1) is 17.6 Å². The molecule has 1 heterocycles. The molecule has 2 aromatic rings. The van der Waals surface area contributed by atoms with E-state index in [0.29, 0.717) is 24.7 Å². The maximum atomic E-state index is 12.3. The van der Waals surface area contributed by atoms with Crippen LogP contribution < -0.4 is 4.72 Å². The zero-order valence-electron chi connectivity index (χ0n) is 13.8. The van der Waals surface area contributed by atoms with Gasteiger partial charge < -0.3 is 4.74 Å². The standard InChI is InChI=1S/C18H21ClN2O3S/c19-16-6-8-17(9-7-16)25(22,23)20-10-11-21-12-13-24-18(14-21)15-4-2-1-3-5-15/h1-9,18,20H,10-14H2. The second-order valence-corrected chi connectivity index (χ2v) is 8.13. The Kier molecular flexibility index (Phi) is 6.09. The van der Waals surface area contributed by atoms with Crippen LogP contribution >= 0.6 is 11.6 Å². The molecule has 5 nitrogen and oxygen atoms in total. The molecular weight excluding hydrogens is 360 g/mol. The third kappa shape index (κ3) is 5.03. The van der Waals surface area contributed by atoms with Crippen molar-refractivity contribution in [3.63, 3.8) is 0 Å². The average Bonchev–Trinajstić information content (AvgIpc) is 2.63. The first-order valence-electron chi connectivity index (χ1n) is 8.19. The fraction of sp³-hybridized carbons (Fsp3) is 0.333. The SMILES string of the molecule is O=S(=O)(NCCN1CCOC(c2ccccc2)C1)c1ccc(Cl)cc1. The number of sulfonamides is 1. The summed E-state index contributed by atoms with van der Waals surface area (Å²) < 4.78 is 33.0. The van der Waals surface area contributed by atoms with Gasteiger partial charge in [-0.25, -0.2) is 13.1 Å². The molecule has 0 amide bonds. The Hall–Kier alpha value is -1.44. The van der Waals surface area contributed by atoms with Crippen molar-refractivity contribution in [2.75, 3.05) is 32.8 Å². The Labute approximate surface area is 153 Å². The van der Waals surface area contributed by atoms with E-state index in [0.717, 1.165) is 18.7 Å². The molecule has 0 radical (unpaired) electrons. The second-order valence-electron chi connectivity index (χ2n) is 5.92. The zero-order valence-corrected chi connectivity index (χ0v) is 15.3. The Morgan fingerprint density at radius 2 is 1.84 bits per heavy atom. The average molecular weight is 381 g/mol. The molecule has 2 aromatic carbocycles. The van der Waals surface area contributed by atoms with Crippen molar-refractivity contribution >= 4 is 21.6 Å². The molecule has 1 aliphatic rings. The fourth-order valence-corrected chi connectivity index (χ4v) is 3.96. The third-order valence-corrected chi connectivity index (χ3v) is 5.89. The van der Waals surface area contributed by atoms with Gasteiger partial charge in [-0.15, -0.1) is 0 Å². The van der Waals surface area contributed by atoms with Crippen LogP contribution in [0.5, 0.6) is 0 Å². The molecule has 0 aliphatic carbocycles. The van der Waals surface area contributed by atoms with Gasteiger partial charge in [0.15, 0.2) is 0 Å². The summed E-state index contributed by atoms with van der Waals surface area (Å²) in [5, 5.41) is 0.513. The minimum atomic E-state index is -3.51. The van der Waals surface area contributed by atoms with Crippen LogP contribution in [0.4, 0.5) is 0 Å². The van der Waals surface area contributed by atoms with Crippen LogP contribution in [-0.4, -0.2) is 46.1 Å². The minimum Gasteiger partial charge on any atom is -0.371 e. The lowest BCUT2D eigenvalue weighted by Crippen LogP contribution is -2.42. The molecule has 1 atom stereocenters. The van der Waals surface area contributed by atoms with Crippen molar-refractivity contribution < 1.29 is 13.2 Å². The van der Waals surface area contributed by atoms with E-state index >= 15 is 0 Å². The molecule has 25 heavy (non-hydrogen) atoms. The molecule has 0 bridgehead atoms. The summed E-state index contributed by atoms with van der Waals surface area (Å²) >= 11 is 5.80. The predicted octanol–water partition coefficient (Wildman–Crippen LogP) is 2.69. The van der Waals surface area contributed by atoms with Crippen LogP contribution in [0.15, 0.2) is 59.5 Å². The summed E-state index contributed by atoms with van der Waals surface area (Å²) in [6.07, 6.45) is 0.0304. The summed E-state index contributed by atoms with van der Waals surface area (Å²) in [6.45, 7) is 3.19. The van der Waals surface area contributed by atoms with Gasteiger partial charge in [-0.2, -0.15) is 0 Å². The van der Waals surface area contributed by atoms with E-state index in [2.05, 4.69) is 21.8 Å². The van der Waals surface area contributed by atoms with Crippen LogP contribution in [0.2, 0.25) is 5.02 Å². The van der Waals surface area contributed by atoms with Gasteiger partial charge in [-0.05, 0) is 29.8 Å². The molecule has 0 saturated carbocycles. The van der Waals surface area contributed by atoms with Crippen LogP contribution in [-0.2, 0) is 14.8 Å². The van der Waals surface area contributed by atoms with E-state index < -0.39 is 10.0 Å². The molecule has 3 rings (SSSR count). The Morgan fingerprint density at radius 3 is 2.56 bits per heavy atom. The van der Waals surface area contributed by atoms with E-state index in [9.17, 15) is 8.42 Å². The predicted molar refractivity (Wildman–Crippen MR) is 98.2 cm³/mol. The molecule has 0 aromatic heterocycles. The van der Waals surface area contributed by atoms with Gasteiger partial charge in [0.2, 0.25) is 10.0 Å². The first-order valence-corrected chi connectivity index (χ1v) is 10.0. The topological polar surface area (TPSA) is 58.6 Å². The van der Waals surface area contributed by atoms with E-state index in [1.54, 1.807) is 12.1 Å². The van der Waals surface area contributed by atoms with Crippen molar-refractivity contribution in [1.29, 1.82) is 0 Å². The number of rotatable bonds is 6. The minimum absolute atomic E-state index is 0.0304. The Morgan fingerprint density at radius 1 is 1.12 bits per heavy atom. The molecule has 0 spiro atoms. The van der Waals surface area contributed by atoms with Gasteiger partial charge in [-0.3, -0.25) is 4.90 Å². The van der Waals surface area contributed by atoms with Crippen LogP contribution in [0.25, 0.3) is 0 Å². The first-order chi connectivity index (χ1) is 12.0. The van der Waals surface area contributed by atoms with Gasteiger partial charge in [0.1, 0.15) is 0 Å². The normalized spacial score (nSPS) is 19.0. The van der Waals surface area contributed by atoms with Crippen LogP contribution in [0.1, 0.15) is 11.7 Å². The number of benzene rings is 2. The van der Waals surface area contributed by atoms with Crippen molar-refractivity contribution in [3.8, 4) is 0 Å². The Bertz CT molecular complexity index is 782. The molecule has 1 fully saturated rings. The van der Waals surface area contributed by atoms with Gasteiger partial charge in [-0.1, -0.05) is 41.9 Å². The lowest BCUT2D eigenvalue weighted by Gasteiger charge is -2.33. The van der Waals surface area contributed by atoms with Crippen molar-refractivity contribution in [1.82, 2.24) is 9.62 Å². The van der Waals surface area contributed by atoms with Crippen LogP contribution in [0.3, 0.4) is 0 Å². The van der Waals surface area contributed by atoms with Crippen molar-refractivity contribution in [2.45, 2.75) is 11.0 Å². The van der Waals surface area contributed by atoms with Crippen molar-refractivity contribution in [3.05, 3.63) is 65.2 Å². The number of morpholine rings is 1. The first kappa shape index (κ1) is 18.4. The number of nitrogens with one attached hydrogen (secondary N) is 1. The van der Waals surface area contributed by atoms with Gasteiger partial charge in [0.25, 0.3) is 0 Å². The van der Waals surface area contributed by atoms with Crippen LogP contribution in [0, 0.1) is 0 Å². The highest BCUT2D eigenvalue weighted by Crippen LogP contribution is 2.21. The number of halogens is 1. The van der Waals surface area contributed by atoms with Crippen molar-refractivity contribution in [2.24, 2.45) is 0 Å². The highest BCUT2D eigenvalue weighted by Gasteiger charge is 2.22. The van der Waals surface area contributed by atoms with E-state index in [-0.39, 0.29) is 11.0 Å². The van der Waals surface area contributed by atoms with Gasteiger partial charge in [0, 0.05) is 31.2 Å². The fourth-order valence-electron chi connectivity index (χ4n) is 2.81. The third-order valence-electron chi connectivity index (χ3n) is 4.17. The van der Waals surface area contributed by atoms with E-state index in [4.69, 9.17) is 16.3 Å². The Balaban J connectivity index is 1.52. The zero-order chi connectivity index (χ0) is 17.7. The molecule has 1 unspecified atom stereocenters. The number of hydrogen-bond acceptors (Lipinski definition) is 4. The largest absolute Gasteiger partial charge is 0.371 e. The van der Waals surface area contributed by atoms with E-state index in [1.165, 1.54) is 12.1 Å². The summed E-state index contributed by atoms with van der Waals surface area (Å²) in [6, 6.07) is 16.2. The number of hydrogen-bond donors (Lipinski definition) is 1.